The summed E-state index contributed by atoms with van der Waals surface area (Å²) in [6, 6.07) is 5.51. The fraction of sp³-hybridized carbons (Fsp3) is 0.474. The maximum atomic E-state index is 12.9. The zero-order valence-electron chi connectivity index (χ0n) is 15.6. The summed E-state index contributed by atoms with van der Waals surface area (Å²) in [7, 11) is 3.29. The maximum absolute atomic E-state index is 12.9. The number of urea groups is 1. The molecule has 1 N–H and O–H groups in total. The van der Waals surface area contributed by atoms with Gasteiger partial charge in [0.15, 0.2) is 0 Å². The molecule has 0 spiro atoms. The van der Waals surface area contributed by atoms with Crippen molar-refractivity contribution in [3.8, 4) is 11.5 Å². The molecule has 1 aromatic carbocycles. The van der Waals surface area contributed by atoms with E-state index in [1.807, 2.05) is 42.3 Å². The number of ether oxygens (including phenoxy) is 2. The van der Waals surface area contributed by atoms with Gasteiger partial charge in [-0.1, -0.05) is 0 Å². The zero-order valence-corrected chi connectivity index (χ0v) is 16.4. The number of nitrogens with zero attached hydrogens (tertiary/aromatic N) is 2. The van der Waals surface area contributed by atoms with E-state index in [4.69, 9.17) is 9.47 Å². The number of aryl methyl sites for hydroxylation is 1. The van der Waals surface area contributed by atoms with E-state index < -0.39 is 0 Å². The molecule has 6 nitrogen and oxygen atoms in total. The molecule has 2 amide bonds. The molecule has 0 radical (unpaired) electrons. The molecular formula is C19H25N3O3S. The lowest BCUT2D eigenvalue weighted by Crippen LogP contribution is -2.40. The van der Waals surface area contributed by atoms with Crippen LogP contribution in [-0.2, 0) is 0 Å². The van der Waals surface area contributed by atoms with Gasteiger partial charge in [-0.3, -0.25) is 0 Å². The van der Waals surface area contributed by atoms with Gasteiger partial charge in [0.1, 0.15) is 16.5 Å². The summed E-state index contributed by atoms with van der Waals surface area (Å²) < 4.78 is 10.9. The summed E-state index contributed by atoms with van der Waals surface area (Å²) in [5.74, 6) is 1.54. The number of hydrogen-bond donors (Lipinski definition) is 1. The minimum Gasteiger partial charge on any atom is -0.497 e. The van der Waals surface area contributed by atoms with Gasteiger partial charge in [-0.25, -0.2) is 9.78 Å². The van der Waals surface area contributed by atoms with E-state index in [2.05, 4.69) is 10.3 Å². The van der Waals surface area contributed by atoms with E-state index in [9.17, 15) is 4.79 Å². The zero-order chi connectivity index (χ0) is 18.7. The molecule has 7 heteroatoms. The summed E-state index contributed by atoms with van der Waals surface area (Å²) in [6.45, 7) is 4.65. The highest BCUT2D eigenvalue weighted by atomic mass is 32.1. The Morgan fingerprint density at radius 3 is 2.85 bits per heavy atom. The predicted octanol–water partition coefficient (Wildman–Crippen LogP) is 4.08. The average Bonchev–Trinajstić information content (AvgIpc) is 3.30. The summed E-state index contributed by atoms with van der Waals surface area (Å²) in [5, 5.41) is 6.00. The fourth-order valence-electron chi connectivity index (χ4n) is 3.33. The first-order chi connectivity index (χ1) is 12.5. The summed E-state index contributed by atoms with van der Waals surface area (Å²) >= 11 is 1.57. The fourth-order valence-corrected chi connectivity index (χ4v) is 4.14. The number of rotatable bonds is 5. The molecule has 1 aliphatic rings. The highest BCUT2D eigenvalue weighted by Gasteiger charge is 2.33. The molecule has 0 aliphatic carbocycles. The van der Waals surface area contributed by atoms with Gasteiger partial charge < -0.3 is 19.7 Å². The van der Waals surface area contributed by atoms with Gasteiger partial charge in [0, 0.05) is 23.2 Å². The van der Waals surface area contributed by atoms with Crippen molar-refractivity contribution in [1.29, 1.82) is 0 Å². The van der Waals surface area contributed by atoms with Crippen LogP contribution in [0.1, 0.15) is 48.1 Å². The highest BCUT2D eigenvalue weighted by molar-refractivity contribution is 7.09. The van der Waals surface area contributed by atoms with Crippen LogP contribution in [0.4, 0.5) is 4.79 Å². The van der Waals surface area contributed by atoms with Crippen molar-refractivity contribution in [3.05, 3.63) is 39.8 Å². The number of carbonyl (C=O) groups is 1. The van der Waals surface area contributed by atoms with Crippen LogP contribution in [0.3, 0.4) is 0 Å². The van der Waals surface area contributed by atoms with Crippen molar-refractivity contribution in [2.75, 3.05) is 20.8 Å². The van der Waals surface area contributed by atoms with E-state index in [1.165, 1.54) is 0 Å². The average molecular weight is 375 g/mol. The molecule has 0 saturated carbocycles. The molecule has 2 atom stereocenters. The lowest BCUT2D eigenvalue weighted by Gasteiger charge is -2.28. The van der Waals surface area contributed by atoms with Gasteiger partial charge in [-0.05, 0) is 44.9 Å². The number of thiazole rings is 1. The first-order valence-electron chi connectivity index (χ1n) is 8.74. The second kappa shape index (κ2) is 7.95. The Morgan fingerprint density at radius 1 is 1.38 bits per heavy atom. The monoisotopic (exact) mass is 375 g/mol. The first kappa shape index (κ1) is 18.5. The van der Waals surface area contributed by atoms with Crippen LogP contribution in [0.5, 0.6) is 11.5 Å². The predicted molar refractivity (Wildman–Crippen MR) is 102 cm³/mol. The van der Waals surface area contributed by atoms with Crippen LogP contribution in [0.15, 0.2) is 23.6 Å². The van der Waals surface area contributed by atoms with Crippen LogP contribution in [0, 0.1) is 6.92 Å². The van der Waals surface area contributed by atoms with Gasteiger partial charge in [0.2, 0.25) is 0 Å². The van der Waals surface area contributed by atoms with E-state index in [0.717, 1.165) is 47.2 Å². The third kappa shape index (κ3) is 3.77. The number of nitrogens with one attached hydrogen (secondary N) is 1. The van der Waals surface area contributed by atoms with E-state index in [0.29, 0.717) is 0 Å². The standard InChI is InChI=1S/C19H25N3O3S/c1-12-11-26-18(20-12)13(2)21-19(23)22-9-5-6-16(22)15-10-14(24-3)7-8-17(15)25-4/h7-8,10-11,13,16H,5-6,9H2,1-4H3,(H,21,23). The quantitative estimate of drug-likeness (QED) is 0.855. The summed E-state index contributed by atoms with van der Waals surface area (Å²) in [5.41, 5.74) is 1.96. The highest BCUT2D eigenvalue weighted by Crippen LogP contribution is 2.39. The lowest BCUT2D eigenvalue weighted by molar-refractivity contribution is 0.188. The third-order valence-corrected chi connectivity index (χ3v) is 5.80. The summed E-state index contributed by atoms with van der Waals surface area (Å²) in [4.78, 5) is 19.2. The molecule has 1 saturated heterocycles. The second-order valence-corrected chi connectivity index (χ2v) is 7.35. The Kier molecular flexibility index (Phi) is 5.66. The minimum atomic E-state index is -0.116. The van der Waals surface area contributed by atoms with Gasteiger partial charge in [0.25, 0.3) is 0 Å². The Hall–Kier alpha value is -2.28. The maximum Gasteiger partial charge on any atom is 0.318 e. The molecule has 2 aromatic rings. The molecular weight excluding hydrogens is 350 g/mol. The van der Waals surface area contributed by atoms with Crippen molar-refractivity contribution in [1.82, 2.24) is 15.2 Å². The molecule has 140 valence electrons. The number of amides is 2. The van der Waals surface area contributed by atoms with Crippen LogP contribution in [0.25, 0.3) is 0 Å². The Morgan fingerprint density at radius 2 is 2.19 bits per heavy atom. The third-order valence-electron chi connectivity index (χ3n) is 4.66. The number of hydrogen-bond acceptors (Lipinski definition) is 5. The minimum absolute atomic E-state index is 0.0229. The van der Waals surface area contributed by atoms with Crippen molar-refractivity contribution < 1.29 is 14.3 Å². The molecule has 3 rings (SSSR count). The van der Waals surface area contributed by atoms with Gasteiger partial charge in [-0.2, -0.15) is 0 Å². The van der Waals surface area contributed by atoms with Gasteiger partial charge in [-0.15, -0.1) is 11.3 Å². The number of carbonyl (C=O) groups excluding carboxylic acids is 1. The molecule has 1 aromatic heterocycles. The van der Waals surface area contributed by atoms with Crippen LogP contribution < -0.4 is 14.8 Å². The number of methoxy groups -OCH3 is 2. The van der Waals surface area contributed by atoms with E-state index >= 15 is 0 Å². The molecule has 2 unspecified atom stereocenters. The summed E-state index contributed by atoms with van der Waals surface area (Å²) in [6.07, 6.45) is 1.87. The molecule has 2 heterocycles. The van der Waals surface area contributed by atoms with Crippen molar-refractivity contribution in [3.63, 3.8) is 0 Å². The number of likely N-dealkylation sites (tertiary alicyclic amines) is 1. The molecule has 1 aliphatic heterocycles. The first-order valence-corrected chi connectivity index (χ1v) is 9.62. The second-order valence-electron chi connectivity index (χ2n) is 6.46. The van der Waals surface area contributed by atoms with Crippen LogP contribution >= 0.6 is 11.3 Å². The van der Waals surface area contributed by atoms with E-state index in [1.54, 1.807) is 25.6 Å². The number of benzene rings is 1. The number of aromatic nitrogens is 1. The molecule has 26 heavy (non-hydrogen) atoms. The Bertz CT molecular complexity index is 777. The van der Waals surface area contributed by atoms with E-state index in [-0.39, 0.29) is 18.1 Å². The largest absolute Gasteiger partial charge is 0.497 e. The molecule has 0 bridgehead atoms. The lowest BCUT2D eigenvalue weighted by atomic mass is 10.0. The Balaban J connectivity index is 1.78. The van der Waals surface area contributed by atoms with Crippen LogP contribution in [0.2, 0.25) is 0 Å². The molecule has 1 fully saturated rings. The van der Waals surface area contributed by atoms with Crippen molar-refractivity contribution in [2.45, 2.75) is 38.8 Å². The normalized spacial score (nSPS) is 17.8. The topological polar surface area (TPSA) is 63.7 Å². The van der Waals surface area contributed by atoms with Crippen LogP contribution in [-0.4, -0.2) is 36.7 Å². The van der Waals surface area contributed by atoms with Gasteiger partial charge in [0.05, 0.1) is 26.3 Å². The van der Waals surface area contributed by atoms with Gasteiger partial charge >= 0.3 is 6.03 Å². The smallest absolute Gasteiger partial charge is 0.318 e. The van der Waals surface area contributed by atoms with Crippen molar-refractivity contribution in [2.24, 2.45) is 0 Å². The van der Waals surface area contributed by atoms with Crippen molar-refractivity contribution >= 4 is 17.4 Å². The Labute approximate surface area is 158 Å². The SMILES string of the molecule is COc1ccc(OC)c(C2CCCN2C(=O)NC(C)c2nc(C)cs2)c1.